The molecule has 0 aliphatic heterocycles. The highest BCUT2D eigenvalue weighted by Gasteiger charge is 2.09. The van der Waals surface area contributed by atoms with Crippen LogP contribution in [0.1, 0.15) is 23.0 Å². The third kappa shape index (κ3) is 3.95. The first kappa shape index (κ1) is 14.8. The van der Waals surface area contributed by atoms with E-state index < -0.39 is 0 Å². The fourth-order valence-corrected chi connectivity index (χ4v) is 1.96. The Bertz CT molecular complexity index is 641. The lowest BCUT2D eigenvalue weighted by Crippen LogP contribution is -2.13. The zero-order valence-corrected chi connectivity index (χ0v) is 12.4. The number of ether oxygens (including phenoxy) is 1. The molecular formula is C16H19N3O2. The van der Waals surface area contributed by atoms with E-state index in [1.807, 2.05) is 32.0 Å². The zero-order valence-electron chi connectivity index (χ0n) is 12.4. The van der Waals surface area contributed by atoms with Crippen molar-refractivity contribution in [3.8, 4) is 5.75 Å². The number of carbonyl (C=O) groups is 1. The molecule has 0 saturated carbocycles. The molecule has 0 saturated heterocycles. The van der Waals surface area contributed by atoms with Crippen molar-refractivity contribution in [2.24, 2.45) is 0 Å². The molecule has 21 heavy (non-hydrogen) atoms. The predicted molar refractivity (Wildman–Crippen MR) is 84.1 cm³/mol. The minimum atomic E-state index is -0.175. The van der Waals surface area contributed by atoms with Crippen LogP contribution in [0.3, 0.4) is 0 Å². The van der Waals surface area contributed by atoms with Crippen molar-refractivity contribution in [1.82, 2.24) is 4.98 Å². The van der Waals surface area contributed by atoms with Crippen LogP contribution in [0.4, 0.5) is 11.5 Å². The minimum absolute atomic E-state index is 0.175. The third-order valence-corrected chi connectivity index (χ3v) is 2.87. The largest absolute Gasteiger partial charge is 0.494 e. The zero-order chi connectivity index (χ0) is 15.2. The van der Waals surface area contributed by atoms with Crippen LogP contribution < -0.4 is 15.4 Å². The number of carbonyl (C=O) groups excluding carboxylic acids is 1. The first-order valence-electron chi connectivity index (χ1n) is 6.83. The molecule has 1 aromatic heterocycles. The molecule has 2 N–H and O–H groups in total. The summed E-state index contributed by atoms with van der Waals surface area (Å²) in [6.45, 7) is 4.37. The molecule has 1 heterocycles. The number of amides is 1. The maximum atomic E-state index is 12.3. The molecule has 2 rings (SSSR count). The Morgan fingerprint density at radius 2 is 2.10 bits per heavy atom. The fraction of sp³-hybridized carbons (Fsp3) is 0.250. The van der Waals surface area contributed by atoms with E-state index in [1.165, 1.54) is 0 Å². The Balaban J connectivity index is 2.17. The molecule has 1 amide bonds. The van der Waals surface area contributed by atoms with E-state index in [2.05, 4.69) is 15.6 Å². The van der Waals surface area contributed by atoms with Crippen LogP contribution in [0, 0.1) is 6.92 Å². The summed E-state index contributed by atoms with van der Waals surface area (Å²) in [5, 5.41) is 5.80. The van der Waals surface area contributed by atoms with E-state index in [0.29, 0.717) is 23.7 Å². The van der Waals surface area contributed by atoms with Crippen LogP contribution in [0.15, 0.2) is 36.4 Å². The highest BCUT2D eigenvalue weighted by atomic mass is 16.5. The standard InChI is InChI=1S/C16H19N3O2/c1-4-21-14-7-5-6-13(10-14)19-16(20)12-8-11(2)18-15(9-12)17-3/h5-10H,4H2,1-3H3,(H,17,18)(H,19,20). The van der Waals surface area contributed by atoms with Gasteiger partial charge in [-0.2, -0.15) is 0 Å². The molecule has 2 aromatic rings. The number of hydrogen-bond donors (Lipinski definition) is 2. The monoisotopic (exact) mass is 285 g/mol. The maximum absolute atomic E-state index is 12.3. The molecule has 0 atom stereocenters. The van der Waals surface area contributed by atoms with Gasteiger partial charge in [0.1, 0.15) is 11.6 Å². The van der Waals surface area contributed by atoms with Crippen LogP contribution in [0.5, 0.6) is 5.75 Å². The molecule has 0 aliphatic carbocycles. The number of aromatic nitrogens is 1. The van der Waals surface area contributed by atoms with E-state index in [-0.39, 0.29) is 5.91 Å². The van der Waals surface area contributed by atoms with Crippen molar-refractivity contribution >= 4 is 17.4 Å². The summed E-state index contributed by atoms with van der Waals surface area (Å²) in [5.41, 5.74) is 2.05. The van der Waals surface area contributed by atoms with Gasteiger partial charge in [0.05, 0.1) is 6.61 Å². The van der Waals surface area contributed by atoms with Gasteiger partial charge >= 0.3 is 0 Å². The molecular weight excluding hydrogens is 266 g/mol. The van der Waals surface area contributed by atoms with Gasteiger partial charge in [0, 0.05) is 30.1 Å². The van der Waals surface area contributed by atoms with Crippen LogP contribution in [-0.2, 0) is 0 Å². The predicted octanol–water partition coefficient (Wildman–Crippen LogP) is 3.08. The minimum Gasteiger partial charge on any atom is -0.494 e. The molecule has 0 radical (unpaired) electrons. The molecule has 5 heteroatoms. The summed E-state index contributed by atoms with van der Waals surface area (Å²) in [5.74, 6) is 1.23. The highest BCUT2D eigenvalue weighted by Crippen LogP contribution is 2.18. The second kappa shape index (κ2) is 6.74. The number of hydrogen-bond acceptors (Lipinski definition) is 4. The summed E-state index contributed by atoms with van der Waals surface area (Å²) in [6.07, 6.45) is 0. The highest BCUT2D eigenvalue weighted by molar-refractivity contribution is 6.04. The fourth-order valence-electron chi connectivity index (χ4n) is 1.96. The normalized spacial score (nSPS) is 10.0. The van der Waals surface area contributed by atoms with Gasteiger partial charge < -0.3 is 15.4 Å². The Hall–Kier alpha value is -2.56. The van der Waals surface area contributed by atoms with Crippen molar-refractivity contribution < 1.29 is 9.53 Å². The molecule has 0 bridgehead atoms. The number of pyridine rings is 1. The Morgan fingerprint density at radius 3 is 2.81 bits per heavy atom. The number of aryl methyl sites for hydroxylation is 1. The summed E-state index contributed by atoms with van der Waals surface area (Å²) >= 11 is 0. The van der Waals surface area contributed by atoms with Gasteiger partial charge in [-0.1, -0.05) is 6.07 Å². The Morgan fingerprint density at radius 1 is 1.29 bits per heavy atom. The van der Waals surface area contributed by atoms with E-state index in [1.54, 1.807) is 25.2 Å². The van der Waals surface area contributed by atoms with Gasteiger partial charge in [0.25, 0.3) is 5.91 Å². The second-order valence-corrected chi connectivity index (χ2v) is 4.55. The molecule has 0 aliphatic rings. The van der Waals surface area contributed by atoms with Gasteiger partial charge in [-0.25, -0.2) is 4.98 Å². The second-order valence-electron chi connectivity index (χ2n) is 4.55. The summed E-state index contributed by atoms with van der Waals surface area (Å²) in [4.78, 5) is 16.6. The molecule has 1 aromatic carbocycles. The van der Waals surface area contributed by atoms with E-state index in [9.17, 15) is 4.79 Å². The average Bonchev–Trinajstić information content (AvgIpc) is 2.47. The molecule has 0 fully saturated rings. The Labute approximate surface area is 124 Å². The summed E-state index contributed by atoms with van der Waals surface area (Å²) in [7, 11) is 1.77. The molecule has 110 valence electrons. The maximum Gasteiger partial charge on any atom is 0.255 e. The lowest BCUT2D eigenvalue weighted by Gasteiger charge is -2.09. The molecule has 0 spiro atoms. The van der Waals surface area contributed by atoms with Crippen molar-refractivity contribution in [3.05, 3.63) is 47.7 Å². The SMILES string of the molecule is CCOc1cccc(NC(=O)c2cc(C)nc(NC)c2)c1. The Kier molecular flexibility index (Phi) is 4.77. The van der Waals surface area contributed by atoms with Gasteiger partial charge in [-0.15, -0.1) is 0 Å². The van der Waals surface area contributed by atoms with Crippen LogP contribution in [-0.4, -0.2) is 24.5 Å². The number of benzene rings is 1. The number of nitrogens with one attached hydrogen (secondary N) is 2. The van der Waals surface area contributed by atoms with E-state index in [0.717, 1.165) is 11.4 Å². The lowest BCUT2D eigenvalue weighted by molar-refractivity contribution is 0.102. The number of nitrogens with zero attached hydrogens (tertiary/aromatic N) is 1. The van der Waals surface area contributed by atoms with E-state index >= 15 is 0 Å². The van der Waals surface area contributed by atoms with E-state index in [4.69, 9.17) is 4.74 Å². The number of rotatable bonds is 5. The van der Waals surface area contributed by atoms with Crippen molar-refractivity contribution in [3.63, 3.8) is 0 Å². The smallest absolute Gasteiger partial charge is 0.255 e. The first-order chi connectivity index (χ1) is 10.1. The topological polar surface area (TPSA) is 63.2 Å². The number of anilines is 2. The van der Waals surface area contributed by atoms with Gasteiger partial charge in [0.2, 0.25) is 0 Å². The quantitative estimate of drug-likeness (QED) is 0.886. The van der Waals surface area contributed by atoms with Crippen LogP contribution in [0.25, 0.3) is 0 Å². The summed E-state index contributed by atoms with van der Waals surface area (Å²) < 4.78 is 5.42. The van der Waals surface area contributed by atoms with Crippen molar-refractivity contribution in [1.29, 1.82) is 0 Å². The van der Waals surface area contributed by atoms with Crippen molar-refractivity contribution in [2.75, 3.05) is 24.3 Å². The lowest BCUT2D eigenvalue weighted by atomic mass is 10.2. The van der Waals surface area contributed by atoms with Crippen LogP contribution >= 0.6 is 0 Å². The van der Waals surface area contributed by atoms with Gasteiger partial charge in [-0.05, 0) is 38.1 Å². The molecule has 5 nitrogen and oxygen atoms in total. The van der Waals surface area contributed by atoms with Crippen molar-refractivity contribution in [2.45, 2.75) is 13.8 Å². The molecule has 0 unspecified atom stereocenters. The van der Waals surface area contributed by atoms with Crippen LogP contribution in [0.2, 0.25) is 0 Å². The summed E-state index contributed by atoms with van der Waals surface area (Å²) in [6, 6.07) is 10.8. The average molecular weight is 285 g/mol. The third-order valence-electron chi connectivity index (χ3n) is 2.87. The first-order valence-corrected chi connectivity index (χ1v) is 6.83. The van der Waals surface area contributed by atoms with Gasteiger partial charge in [0.15, 0.2) is 0 Å². The van der Waals surface area contributed by atoms with Gasteiger partial charge in [-0.3, -0.25) is 4.79 Å².